The summed E-state index contributed by atoms with van der Waals surface area (Å²) in [4.78, 5) is 16.1. The third-order valence-electron chi connectivity index (χ3n) is 5.81. The Morgan fingerprint density at radius 3 is 2.86 bits per heavy atom. The maximum atomic E-state index is 5.49. The number of anilines is 1. The molecule has 2 aliphatic heterocycles. The Kier molecular flexibility index (Phi) is 5.47. The smallest absolute Gasteiger partial charge is 0.146 e. The van der Waals surface area contributed by atoms with Gasteiger partial charge in [0.15, 0.2) is 0 Å². The molecule has 0 amide bonds. The number of ether oxygens (including phenoxy) is 1. The summed E-state index contributed by atoms with van der Waals surface area (Å²) >= 11 is 3.73. The van der Waals surface area contributed by atoms with Crippen LogP contribution in [0.4, 0.5) is 5.82 Å². The molecular formula is C22H26N4OS2. The first-order valence-electron chi connectivity index (χ1n) is 10.2. The highest BCUT2D eigenvalue weighted by Crippen LogP contribution is 2.40. The average Bonchev–Trinajstić information content (AvgIpc) is 3.03. The number of fused-ring (bicyclic) bond motifs is 2. The third-order valence-corrected chi connectivity index (χ3v) is 8.04. The SMILES string of the molecule is Cc1sc2nc(CN3CCOCC3)nc(NC3CCSc4ccccc43)c2c1C. The Balaban J connectivity index is 1.51. The fraction of sp³-hybridized carbons (Fsp3) is 0.455. The molecule has 5 rings (SSSR count). The monoisotopic (exact) mass is 426 g/mol. The molecule has 2 aromatic heterocycles. The first-order chi connectivity index (χ1) is 14.2. The highest BCUT2D eigenvalue weighted by molar-refractivity contribution is 7.99. The number of nitrogens with zero attached hydrogens (tertiary/aromatic N) is 3. The van der Waals surface area contributed by atoms with Gasteiger partial charge in [0.1, 0.15) is 16.5 Å². The van der Waals surface area contributed by atoms with Gasteiger partial charge in [0, 0.05) is 28.6 Å². The van der Waals surface area contributed by atoms with Crippen LogP contribution in [-0.4, -0.2) is 46.9 Å². The second-order valence-corrected chi connectivity index (χ2v) is 10.1. The summed E-state index contributed by atoms with van der Waals surface area (Å²) < 4.78 is 5.49. The van der Waals surface area contributed by atoms with Gasteiger partial charge >= 0.3 is 0 Å². The van der Waals surface area contributed by atoms with Gasteiger partial charge in [0.05, 0.1) is 31.2 Å². The van der Waals surface area contributed by atoms with Crippen LogP contribution in [0.15, 0.2) is 29.2 Å². The van der Waals surface area contributed by atoms with Crippen molar-refractivity contribution in [2.45, 2.75) is 37.8 Å². The van der Waals surface area contributed by atoms with E-state index in [2.05, 4.69) is 48.3 Å². The quantitative estimate of drug-likeness (QED) is 0.647. The standard InChI is InChI=1S/C22H26N4OS2/c1-14-15(2)29-22-20(14)21(24-19(25-22)13-26-8-10-27-11-9-26)23-17-7-12-28-18-6-4-3-5-16(17)18/h3-6,17H,7-13H2,1-2H3,(H,23,24,25). The minimum atomic E-state index is 0.293. The third kappa shape index (κ3) is 3.89. The summed E-state index contributed by atoms with van der Waals surface area (Å²) in [6.45, 7) is 8.62. The average molecular weight is 427 g/mol. The molecule has 0 radical (unpaired) electrons. The minimum absolute atomic E-state index is 0.293. The zero-order valence-electron chi connectivity index (χ0n) is 16.9. The highest BCUT2D eigenvalue weighted by atomic mass is 32.2. The molecule has 0 bridgehead atoms. The molecule has 152 valence electrons. The van der Waals surface area contributed by atoms with E-state index in [0.29, 0.717) is 6.04 Å². The van der Waals surface area contributed by atoms with Crippen LogP contribution in [0.5, 0.6) is 0 Å². The van der Waals surface area contributed by atoms with Crippen molar-refractivity contribution in [2.24, 2.45) is 0 Å². The van der Waals surface area contributed by atoms with Gasteiger partial charge in [-0.2, -0.15) is 0 Å². The lowest BCUT2D eigenvalue weighted by atomic mass is 10.0. The van der Waals surface area contributed by atoms with E-state index in [1.807, 2.05) is 11.8 Å². The van der Waals surface area contributed by atoms with Crippen molar-refractivity contribution in [3.05, 3.63) is 46.1 Å². The fourth-order valence-electron chi connectivity index (χ4n) is 4.09. The molecule has 1 atom stereocenters. The number of aromatic nitrogens is 2. The summed E-state index contributed by atoms with van der Waals surface area (Å²) in [5.74, 6) is 3.03. The van der Waals surface area contributed by atoms with Crippen LogP contribution in [0, 0.1) is 13.8 Å². The lowest BCUT2D eigenvalue weighted by Crippen LogP contribution is -2.36. The molecule has 7 heteroatoms. The lowest BCUT2D eigenvalue weighted by molar-refractivity contribution is 0.0331. The summed E-state index contributed by atoms with van der Waals surface area (Å²) in [6.07, 6.45) is 1.11. The molecule has 0 saturated carbocycles. The van der Waals surface area contributed by atoms with Crippen LogP contribution < -0.4 is 5.32 Å². The predicted molar refractivity (Wildman–Crippen MR) is 121 cm³/mol. The number of thioether (sulfide) groups is 1. The van der Waals surface area contributed by atoms with E-state index in [0.717, 1.165) is 61.5 Å². The van der Waals surface area contributed by atoms with Crippen molar-refractivity contribution in [3.63, 3.8) is 0 Å². The number of morpholine rings is 1. The Hall–Kier alpha value is -1.67. The van der Waals surface area contributed by atoms with Crippen molar-refractivity contribution in [1.29, 1.82) is 0 Å². The molecule has 5 nitrogen and oxygen atoms in total. The molecule has 4 heterocycles. The Labute approximate surface area is 179 Å². The van der Waals surface area contributed by atoms with Crippen LogP contribution in [0.25, 0.3) is 10.2 Å². The summed E-state index contributed by atoms with van der Waals surface area (Å²) in [5.41, 5.74) is 2.68. The van der Waals surface area contributed by atoms with Crippen molar-refractivity contribution in [1.82, 2.24) is 14.9 Å². The Morgan fingerprint density at radius 2 is 2.00 bits per heavy atom. The van der Waals surface area contributed by atoms with Crippen LogP contribution >= 0.6 is 23.1 Å². The van der Waals surface area contributed by atoms with Gasteiger partial charge in [-0.05, 0) is 37.5 Å². The number of aryl methyl sites for hydroxylation is 2. The van der Waals surface area contributed by atoms with E-state index in [4.69, 9.17) is 14.7 Å². The van der Waals surface area contributed by atoms with E-state index in [-0.39, 0.29) is 0 Å². The first-order valence-corrected chi connectivity index (χ1v) is 12.0. The number of hydrogen-bond acceptors (Lipinski definition) is 7. The second-order valence-electron chi connectivity index (χ2n) is 7.71. The van der Waals surface area contributed by atoms with Crippen molar-refractivity contribution < 1.29 is 4.74 Å². The van der Waals surface area contributed by atoms with Crippen LogP contribution in [0.3, 0.4) is 0 Å². The molecule has 1 unspecified atom stereocenters. The molecule has 0 aliphatic carbocycles. The molecule has 0 spiro atoms. The van der Waals surface area contributed by atoms with Gasteiger partial charge in [0.25, 0.3) is 0 Å². The molecular weight excluding hydrogens is 400 g/mol. The summed E-state index contributed by atoms with van der Waals surface area (Å²) in [7, 11) is 0. The maximum Gasteiger partial charge on any atom is 0.146 e. The normalized spacial score (nSPS) is 20.0. The second kappa shape index (κ2) is 8.22. The molecule has 1 aromatic carbocycles. The van der Waals surface area contributed by atoms with E-state index < -0.39 is 0 Å². The van der Waals surface area contributed by atoms with Gasteiger partial charge in [-0.25, -0.2) is 9.97 Å². The van der Waals surface area contributed by atoms with Gasteiger partial charge in [-0.3, -0.25) is 4.90 Å². The fourth-order valence-corrected chi connectivity index (χ4v) is 6.26. The van der Waals surface area contributed by atoms with Crippen LogP contribution in [0.1, 0.15) is 34.3 Å². The molecule has 1 N–H and O–H groups in total. The van der Waals surface area contributed by atoms with Gasteiger partial charge in [-0.1, -0.05) is 18.2 Å². The summed E-state index contributed by atoms with van der Waals surface area (Å²) in [6, 6.07) is 9.04. The largest absolute Gasteiger partial charge is 0.379 e. The molecule has 2 aliphatic rings. The maximum absolute atomic E-state index is 5.49. The predicted octanol–water partition coefficient (Wildman–Crippen LogP) is 4.79. The number of rotatable bonds is 4. The Bertz CT molecular complexity index is 1030. The Morgan fingerprint density at radius 1 is 1.17 bits per heavy atom. The molecule has 3 aromatic rings. The van der Waals surface area contributed by atoms with Gasteiger partial charge in [0.2, 0.25) is 0 Å². The zero-order valence-corrected chi connectivity index (χ0v) is 18.5. The van der Waals surface area contributed by atoms with Crippen molar-refractivity contribution >= 4 is 39.1 Å². The minimum Gasteiger partial charge on any atom is -0.379 e. The van der Waals surface area contributed by atoms with E-state index in [9.17, 15) is 0 Å². The van der Waals surface area contributed by atoms with Crippen LogP contribution in [-0.2, 0) is 11.3 Å². The number of benzene rings is 1. The summed E-state index contributed by atoms with van der Waals surface area (Å²) in [5, 5.41) is 5.00. The van der Waals surface area contributed by atoms with Crippen LogP contribution in [0.2, 0.25) is 0 Å². The van der Waals surface area contributed by atoms with Gasteiger partial charge in [-0.15, -0.1) is 23.1 Å². The zero-order chi connectivity index (χ0) is 19.8. The van der Waals surface area contributed by atoms with Gasteiger partial charge < -0.3 is 10.1 Å². The first kappa shape index (κ1) is 19.3. The number of thiophene rings is 1. The van der Waals surface area contributed by atoms with Crippen molar-refractivity contribution in [2.75, 3.05) is 37.4 Å². The number of hydrogen-bond donors (Lipinski definition) is 1. The molecule has 1 fully saturated rings. The number of nitrogens with one attached hydrogen (secondary N) is 1. The van der Waals surface area contributed by atoms with E-state index in [1.165, 1.54) is 26.3 Å². The lowest BCUT2D eigenvalue weighted by Gasteiger charge is -2.28. The highest BCUT2D eigenvalue weighted by Gasteiger charge is 2.23. The van der Waals surface area contributed by atoms with E-state index >= 15 is 0 Å². The topological polar surface area (TPSA) is 50.3 Å². The van der Waals surface area contributed by atoms with E-state index in [1.54, 1.807) is 11.3 Å². The van der Waals surface area contributed by atoms with Crippen molar-refractivity contribution in [3.8, 4) is 0 Å². The molecule has 29 heavy (non-hydrogen) atoms. The molecule has 1 saturated heterocycles.